The number of benzene rings is 3. The van der Waals surface area contributed by atoms with Crippen LogP contribution in [-0.2, 0) is 22.4 Å². The number of carbonyl (C=O) groups excluding carboxylic acids is 2. The number of nitrogens with two attached hydrogens (primary N) is 1. The smallest absolute Gasteiger partial charge is 0.227 e. The molecule has 0 spiro atoms. The van der Waals surface area contributed by atoms with Gasteiger partial charge in [-0.2, -0.15) is 0 Å². The van der Waals surface area contributed by atoms with E-state index in [1.54, 1.807) is 17.0 Å². The van der Waals surface area contributed by atoms with Crippen LogP contribution < -0.4 is 5.73 Å². The molecule has 158 valence electrons. The lowest BCUT2D eigenvalue weighted by Crippen LogP contribution is -2.42. The van der Waals surface area contributed by atoms with Crippen molar-refractivity contribution in [3.05, 3.63) is 95.8 Å². The Labute approximate surface area is 181 Å². The SMILES string of the molecule is NC(=O)[C@@]1(Cc2ccccc2-c2ccccc2)CCN(C(=O)Cc2ccc(F)cc2)C1. The van der Waals surface area contributed by atoms with E-state index < -0.39 is 5.41 Å². The second-order valence-corrected chi connectivity index (χ2v) is 8.21. The van der Waals surface area contributed by atoms with Crippen molar-refractivity contribution in [2.75, 3.05) is 13.1 Å². The lowest BCUT2D eigenvalue weighted by Gasteiger charge is -2.27. The van der Waals surface area contributed by atoms with Crippen molar-refractivity contribution in [3.63, 3.8) is 0 Å². The van der Waals surface area contributed by atoms with E-state index in [1.807, 2.05) is 54.6 Å². The molecular formula is C26H25FN2O2. The van der Waals surface area contributed by atoms with E-state index in [1.165, 1.54) is 12.1 Å². The fraction of sp³-hybridized carbons (Fsp3) is 0.231. The minimum Gasteiger partial charge on any atom is -0.369 e. The predicted octanol–water partition coefficient (Wildman–Crippen LogP) is 3.98. The molecule has 1 atom stereocenters. The zero-order valence-electron chi connectivity index (χ0n) is 17.3. The maximum atomic E-state index is 13.1. The summed E-state index contributed by atoms with van der Waals surface area (Å²) in [6, 6.07) is 24.0. The largest absolute Gasteiger partial charge is 0.369 e. The molecule has 0 radical (unpaired) electrons. The average Bonchev–Trinajstić information content (AvgIpc) is 3.22. The van der Waals surface area contributed by atoms with Gasteiger partial charge in [0.1, 0.15) is 5.82 Å². The van der Waals surface area contributed by atoms with Crippen molar-refractivity contribution in [2.45, 2.75) is 19.3 Å². The molecule has 1 heterocycles. The molecular weight excluding hydrogens is 391 g/mol. The molecule has 1 fully saturated rings. The summed E-state index contributed by atoms with van der Waals surface area (Å²) in [5, 5.41) is 0. The standard InChI is InChI=1S/C26H25FN2O2/c27-22-12-10-19(11-13-22)16-24(30)29-15-14-26(18-29,25(28)31)17-21-8-4-5-9-23(21)20-6-2-1-3-7-20/h1-13H,14-18H2,(H2,28,31)/t26-/m1/s1. The van der Waals surface area contributed by atoms with Crippen LogP contribution in [0.25, 0.3) is 11.1 Å². The second kappa shape index (κ2) is 8.72. The second-order valence-electron chi connectivity index (χ2n) is 8.21. The Morgan fingerprint density at radius 1 is 0.935 bits per heavy atom. The van der Waals surface area contributed by atoms with Crippen LogP contribution in [-0.4, -0.2) is 29.8 Å². The van der Waals surface area contributed by atoms with Gasteiger partial charge in [-0.15, -0.1) is 0 Å². The number of rotatable bonds is 6. The number of amides is 2. The summed E-state index contributed by atoms with van der Waals surface area (Å²) in [5.74, 6) is -0.791. The first-order valence-electron chi connectivity index (χ1n) is 10.4. The number of nitrogens with zero attached hydrogens (tertiary/aromatic N) is 1. The maximum absolute atomic E-state index is 13.1. The minimum atomic E-state index is -0.802. The van der Waals surface area contributed by atoms with Gasteiger partial charge in [-0.05, 0) is 47.2 Å². The number of hydrogen-bond donors (Lipinski definition) is 1. The van der Waals surface area contributed by atoms with Gasteiger partial charge in [0, 0.05) is 13.1 Å². The zero-order chi connectivity index (χ0) is 21.8. The Hall–Kier alpha value is -3.47. The Kier molecular flexibility index (Phi) is 5.85. The fourth-order valence-corrected chi connectivity index (χ4v) is 4.34. The first kappa shape index (κ1) is 20.8. The van der Waals surface area contributed by atoms with Gasteiger partial charge in [-0.3, -0.25) is 9.59 Å². The number of halogens is 1. The van der Waals surface area contributed by atoms with Gasteiger partial charge in [-0.1, -0.05) is 66.7 Å². The van der Waals surface area contributed by atoms with Crippen LogP contribution in [0.2, 0.25) is 0 Å². The van der Waals surface area contributed by atoms with Crippen LogP contribution in [0.3, 0.4) is 0 Å². The van der Waals surface area contributed by atoms with Crippen LogP contribution in [0.5, 0.6) is 0 Å². The van der Waals surface area contributed by atoms with Crippen molar-refractivity contribution in [1.82, 2.24) is 4.90 Å². The topological polar surface area (TPSA) is 63.4 Å². The van der Waals surface area contributed by atoms with E-state index in [2.05, 4.69) is 0 Å². The van der Waals surface area contributed by atoms with Crippen molar-refractivity contribution in [3.8, 4) is 11.1 Å². The highest BCUT2D eigenvalue weighted by Crippen LogP contribution is 2.37. The molecule has 5 heteroatoms. The predicted molar refractivity (Wildman–Crippen MR) is 119 cm³/mol. The van der Waals surface area contributed by atoms with Gasteiger partial charge in [0.15, 0.2) is 0 Å². The number of likely N-dealkylation sites (tertiary alicyclic amines) is 1. The maximum Gasteiger partial charge on any atom is 0.227 e. The normalized spacial score (nSPS) is 18.2. The average molecular weight is 416 g/mol. The van der Waals surface area contributed by atoms with Gasteiger partial charge in [0.25, 0.3) is 0 Å². The molecule has 31 heavy (non-hydrogen) atoms. The molecule has 2 N–H and O–H groups in total. The Morgan fingerprint density at radius 3 is 2.32 bits per heavy atom. The summed E-state index contributed by atoms with van der Waals surface area (Å²) in [5.41, 5.74) is 9.02. The van der Waals surface area contributed by atoms with Gasteiger partial charge >= 0.3 is 0 Å². The third kappa shape index (κ3) is 4.50. The molecule has 4 nitrogen and oxygen atoms in total. The van der Waals surface area contributed by atoms with Crippen LogP contribution in [0, 0.1) is 11.2 Å². The molecule has 4 rings (SSSR count). The van der Waals surface area contributed by atoms with Crippen molar-refractivity contribution in [2.24, 2.45) is 11.1 Å². The fourth-order valence-electron chi connectivity index (χ4n) is 4.34. The third-order valence-corrected chi connectivity index (χ3v) is 6.13. The zero-order valence-corrected chi connectivity index (χ0v) is 17.3. The number of primary amides is 1. The van der Waals surface area contributed by atoms with Crippen LogP contribution >= 0.6 is 0 Å². The van der Waals surface area contributed by atoms with E-state index in [4.69, 9.17) is 5.73 Å². The van der Waals surface area contributed by atoms with Gasteiger partial charge in [-0.25, -0.2) is 4.39 Å². The summed E-state index contributed by atoms with van der Waals surface area (Å²) in [7, 11) is 0. The van der Waals surface area contributed by atoms with E-state index in [0.29, 0.717) is 25.9 Å². The van der Waals surface area contributed by atoms with Crippen LogP contribution in [0.15, 0.2) is 78.9 Å². The van der Waals surface area contributed by atoms with Crippen LogP contribution in [0.4, 0.5) is 4.39 Å². The molecule has 0 aromatic heterocycles. The lowest BCUT2D eigenvalue weighted by molar-refractivity contribution is -0.131. The van der Waals surface area contributed by atoms with Crippen molar-refractivity contribution < 1.29 is 14.0 Å². The highest BCUT2D eigenvalue weighted by Gasteiger charge is 2.45. The summed E-state index contributed by atoms with van der Waals surface area (Å²) >= 11 is 0. The summed E-state index contributed by atoms with van der Waals surface area (Å²) in [6.45, 7) is 0.780. The Bertz CT molecular complexity index is 1080. The molecule has 1 saturated heterocycles. The monoisotopic (exact) mass is 416 g/mol. The number of hydrogen-bond acceptors (Lipinski definition) is 2. The van der Waals surface area contributed by atoms with Gasteiger partial charge in [0.05, 0.1) is 11.8 Å². The van der Waals surface area contributed by atoms with Crippen LogP contribution in [0.1, 0.15) is 17.5 Å². The van der Waals surface area contributed by atoms with Crippen molar-refractivity contribution >= 4 is 11.8 Å². The Balaban J connectivity index is 1.54. The minimum absolute atomic E-state index is 0.0777. The highest BCUT2D eigenvalue weighted by atomic mass is 19.1. The quantitative estimate of drug-likeness (QED) is 0.661. The summed E-state index contributed by atoms with van der Waals surface area (Å²) in [6.07, 6.45) is 1.18. The molecule has 0 bridgehead atoms. The summed E-state index contributed by atoms with van der Waals surface area (Å²) in [4.78, 5) is 27.1. The molecule has 1 aliphatic heterocycles. The molecule has 3 aromatic carbocycles. The molecule has 1 aliphatic rings. The highest BCUT2D eigenvalue weighted by molar-refractivity contribution is 5.85. The first-order chi connectivity index (χ1) is 15.0. The third-order valence-electron chi connectivity index (χ3n) is 6.13. The molecule has 0 unspecified atom stereocenters. The molecule has 0 aliphatic carbocycles. The Morgan fingerprint density at radius 2 is 1.61 bits per heavy atom. The number of carbonyl (C=O) groups is 2. The van der Waals surface area contributed by atoms with Crippen molar-refractivity contribution in [1.29, 1.82) is 0 Å². The summed E-state index contributed by atoms with van der Waals surface area (Å²) < 4.78 is 13.1. The van der Waals surface area contributed by atoms with E-state index in [0.717, 1.165) is 22.3 Å². The van der Waals surface area contributed by atoms with Gasteiger partial charge in [0.2, 0.25) is 11.8 Å². The van der Waals surface area contributed by atoms with E-state index in [9.17, 15) is 14.0 Å². The van der Waals surface area contributed by atoms with E-state index in [-0.39, 0.29) is 24.1 Å². The molecule has 3 aromatic rings. The van der Waals surface area contributed by atoms with Gasteiger partial charge < -0.3 is 10.6 Å². The first-order valence-corrected chi connectivity index (χ1v) is 10.4. The molecule has 2 amide bonds. The lowest BCUT2D eigenvalue weighted by atomic mass is 9.78. The molecule has 0 saturated carbocycles. The van der Waals surface area contributed by atoms with E-state index >= 15 is 0 Å².